The first-order valence-corrected chi connectivity index (χ1v) is 14.1. The van der Waals surface area contributed by atoms with E-state index in [4.69, 9.17) is 17.2 Å². The van der Waals surface area contributed by atoms with E-state index in [-0.39, 0.29) is 11.5 Å². The molecule has 2 aromatic rings. The number of thiocarbonyl (C=S) groups is 1. The maximum absolute atomic E-state index is 13.7. The van der Waals surface area contributed by atoms with Gasteiger partial charge >= 0.3 is 0 Å². The van der Waals surface area contributed by atoms with Crippen LogP contribution in [0.15, 0.2) is 28.0 Å². The minimum Gasteiger partial charge on any atom is -0.356 e. The first kappa shape index (κ1) is 27.4. The molecular weight excluding hydrogens is 476 g/mol. The van der Waals surface area contributed by atoms with Gasteiger partial charge in [0, 0.05) is 25.8 Å². The van der Waals surface area contributed by atoms with Crippen molar-refractivity contribution in [2.45, 2.75) is 73.1 Å². The molecular formula is C27H38N4O2S2. The second-order valence-corrected chi connectivity index (χ2v) is 11.0. The van der Waals surface area contributed by atoms with Crippen LogP contribution in [0.1, 0.15) is 77.3 Å². The lowest BCUT2D eigenvalue weighted by atomic mass is 9.99. The summed E-state index contributed by atoms with van der Waals surface area (Å²) in [6.07, 6.45) is 9.80. The zero-order chi connectivity index (χ0) is 25.5. The maximum atomic E-state index is 13.7. The normalized spacial score (nSPS) is 16.0. The van der Waals surface area contributed by atoms with Crippen molar-refractivity contribution in [1.29, 1.82) is 0 Å². The van der Waals surface area contributed by atoms with Crippen LogP contribution in [-0.2, 0) is 4.79 Å². The van der Waals surface area contributed by atoms with E-state index in [1.807, 2.05) is 19.1 Å². The molecule has 190 valence electrons. The summed E-state index contributed by atoms with van der Waals surface area (Å²) >= 11 is 6.89. The first-order valence-electron chi connectivity index (χ1n) is 12.9. The van der Waals surface area contributed by atoms with E-state index in [0.717, 1.165) is 57.2 Å². The highest BCUT2D eigenvalue weighted by molar-refractivity contribution is 8.26. The molecule has 0 aliphatic carbocycles. The number of pyridine rings is 1. The van der Waals surface area contributed by atoms with Crippen LogP contribution in [0.5, 0.6) is 0 Å². The number of thioether (sulfide) groups is 1. The van der Waals surface area contributed by atoms with Gasteiger partial charge in [0.2, 0.25) is 0 Å². The number of amides is 1. The predicted octanol–water partition coefficient (Wildman–Crippen LogP) is 6.05. The minimum atomic E-state index is -0.162. The number of hydrogen-bond acceptors (Lipinski definition) is 6. The van der Waals surface area contributed by atoms with Crippen molar-refractivity contribution in [2.24, 2.45) is 5.92 Å². The van der Waals surface area contributed by atoms with Crippen molar-refractivity contribution < 1.29 is 4.79 Å². The fourth-order valence-corrected chi connectivity index (χ4v) is 5.70. The SMILES string of the molecule is CCCC[C@@H](CC)CN1C(=O)/C(=C/c2c(N(CCC)CCC)nc3ccc(C)cn3c2=O)SC1=S. The number of unbranched alkanes of at least 4 members (excludes halogenated alkanes) is 1. The molecule has 6 nitrogen and oxygen atoms in total. The lowest BCUT2D eigenvalue weighted by Crippen LogP contribution is -2.33. The smallest absolute Gasteiger partial charge is 0.267 e. The number of rotatable bonds is 12. The molecule has 0 radical (unpaired) electrons. The molecule has 3 heterocycles. The number of carbonyl (C=O) groups is 1. The molecule has 0 aromatic carbocycles. The largest absolute Gasteiger partial charge is 0.356 e. The van der Waals surface area contributed by atoms with E-state index in [2.05, 4.69) is 32.6 Å². The van der Waals surface area contributed by atoms with Gasteiger partial charge in [-0.15, -0.1) is 0 Å². The van der Waals surface area contributed by atoms with Gasteiger partial charge in [-0.05, 0) is 49.8 Å². The van der Waals surface area contributed by atoms with Crippen LogP contribution in [0.3, 0.4) is 0 Å². The molecule has 3 rings (SSSR count). The quantitative estimate of drug-likeness (QED) is 0.254. The van der Waals surface area contributed by atoms with Gasteiger partial charge in [0.25, 0.3) is 11.5 Å². The van der Waals surface area contributed by atoms with Gasteiger partial charge in [-0.3, -0.25) is 18.9 Å². The Labute approximate surface area is 218 Å². The van der Waals surface area contributed by atoms with Crippen LogP contribution in [-0.4, -0.2) is 44.1 Å². The van der Waals surface area contributed by atoms with Gasteiger partial charge in [0.05, 0.1) is 10.5 Å². The van der Waals surface area contributed by atoms with Gasteiger partial charge in [0.1, 0.15) is 15.8 Å². The Hall–Kier alpha value is -2.19. The summed E-state index contributed by atoms with van der Waals surface area (Å²) in [7, 11) is 0. The van der Waals surface area contributed by atoms with Crippen LogP contribution >= 0.6 is 24.0 Å². The first-order chi connectivity index (χ1) is 16.8. The van der Waals surface area contributed by atoms with Crippen LogP contribution in [0.4, 0.5) is 5.82 Å². The van der Waals surface area contributed by atoms with E-state index >= 15 is 0 Å². The molecule has 0 saturated carbocycles. The third-order valence-corrected chi connectivity index (χ3v) is 7.78. The molecule has 35 heavy (non-hydrogen) atoms. The molecule has 2 aromatic heterocycles. The number of fused-ring (bicyclic) bond motifs is 1. The minimum absolute atomic E-state index is 0.104. The molecule has 0 N–H and O–H groups in total. The van der Waals surface area contributed by atoms with E-state index < -0.39 is 0 Å². The zero-order valence-electron chi connectivity index (χ0n) is 21.7. The molecule has 1 aliphatic heterocycles. The third kappa shape index (κ3) is 6.33. The Morgan fingerprint density at radius 3 is 2.46 bits per heavy atom. The summed E-state index contributed by atoms with van der Waals surface area (Å²) in [6.45, 7) is 12.8. The number of aromatic nitrogens is 2. The maximum Gasteiger partial charge on any atom is 0.267 e. The topological polar surface area (TPSA) is 57.9 Å². The predicted molar refractivity (Wildman–Crippen MR) is 152 cm³/mol. The van der Waals surface area contributed by atoms with Gasteiger partial charge in [-0.2, -0.15) is 0 Å². The highest BCUT2D eigenvalue weighted by Crippen LogP contribution is 2.34. The van der Waals surface area contributed by atoms with Gasteiger partial charge < -0.3 is 4.90 Å². The molecule has 0 bridgehead atoms. The van der Waals surface area contributed by atoms with Gasteiger partial charge in [-0.25, -0.2) is 4.98 Å². The van der Waals surface area contributed by atoms with Crippen LogP contribution < -0.4 is 10.5 Å². The highest BCUT2D eigenvalue weighted by Gasteiger charge is 2.34. The second kappa shape index (κ2) is 12.7. The molecule has 0 unspecified atom stereocenters. The number of nitrogens with zero attached hydrogens (tertiary/aromatic N) is 4. The average Bonchev–Trinajstić information content (AvgIpc) is 3.10. The summed E-state index contributed by atoms with van der Waals surface area (Å²) in [4.78, 5) is 36.4. The molecule has 1 atom stereocenters. The van der Waals surface area contributed by atoms with Crippen LogP contribution in [0.25, 0.3) is 11.7 Å². The monoisotopic (exact) mass is 514 g/mol. The molecule has 1 aliphatic rings. The third-order valence-electron chi connectivity index (χ3n) is 6.41. The second-order valence-electron chi connectivity index (χ2n) is 9.28. The molecule has 1 fully saturated rings. The highest BCUT2D eigenvalue weighted by atomic mass is 32.2. The van der Waals surface area contributed by atoms with E-state index in [1.54, 1.807) is 21.6 Å². The number of hydrogen-bond donors (Lipinski definition) is 0. The summed E-state index contributed by atoms with van der Waals surface area (Å²) < 4.78 is 2.15. The Kier molecular flexibility index (Phi) is 9.92. The average molecular weight is 515 g/mol. The van der Waals surface area contributed by atoms with Crippen molar-refractivity contribution >= 4 is 51.7 Å². The Morgan fingerprint density at radius 2 is 1.83 bits per heavy atom. The van der Waals surface area contributed by atoms with Crippen molar-refractivity contribution in [3.63, 3.8) is 0 Å². The molecule has 1 saturated heterocycles. The fraction of sp³-hybridized carbons (Fsp3) is 0.556. The fourth-order valence-electron chi connectivity index (χ4n) is 4.44. The number of aryl methyl sites for hydroxylation is 1. The number of carbonyl (C=O) groups excluding carboxylic acids is 1. The lowest BCUT2D eigenvalue weighted by Gasteiger charge is -2.24. The summed E-state index contributed by atoms with van der Waals surface area (Å²) in [5.41, 5.74) is 1.88. The van der Waals surface area contributed by atoms with E-state index in [9.17, 15) is 9.59 Å². The standard InChI is InChI=1S/C27H38N4O2S2/c1-6-10-11-20(9-4)18-31-26(33)22(35-27(31)34)16-21-24(29(14-7-2)15-8-3)28-23-13-12-19(5)17-30(23)25(21)32/h12-13,16-17,20H,6-11,14-15,18H2,1-5H3/b22-16-/t20-/m1/s1. The van der Waals surface area contributed by atoms with Gasteiger partial charge in [0.15, 0.2) is 0 Å². The summed E-state index contributed by atoms with van der Waals surface area (Å²) in [6, 6.07) is 3.84. The number of anilines is 1. The van der Waals surface area contributed by atoms with Gasteiger partial charge in [-0.1, -0.05) is 77.0 Å². The van der Waals surface area contributed by atoms with Crippen molar-refractivity contribution in [1.82, 2.24) is 14.3 Å². The van der Waals surface area contributed by atoms with Crippen molar-refractivity contribution in [3.05, 3.63) is 44.7 Å². The summed E-state index contributed by atoms with van der Waals surface area (Å²) in [5.74, 6) is 0.960. The molecule has 1 amide bonds. The van der Waals surface area contributed by atoms with Crippen molar-refractivity contribution in [2.75, 3.05) is 24.5 Å². The molecule has 8 heteroatoms. The van der Waals surface area contributed by atoms with Crippen molar-refractivity contribution in [3.8, 4) is 0 Å². The zero-order valence-corrected chi connectivity index (χ0v) is 23.3. The molecule has 0 spiro atoms. The Balaban J connectivity index is 2.07. The van der Waals surface area contributed by atoms with Crippen LogP contribution in [0, 0.1) is 12.8 Å². The lowest BCUT2D eigenvalue weighted by molar-refractivity contribution is -0.122. The Bertz CT molecular complexity index is 1150. The Morgan fingerprint density at radius 1 is 1.11 bits per heavy atom. The summed E-state index contributed by atoms with van der Waals surface area (Å²) in [5, 5.41) is 0. The van der Waals surface area contributed by atoms with E-state index in [0.29, 0.717) is 38.7 Å². The van der Waals surface area contributed by atoms with E-state index in [1.165, 1.54) is 11.8 Å². The van der Waals surface area contributed by atoms with Crippen LogP contribution in [0.2, 0.25) is 0 Å².